The minimum Gasteiger partial charge on any atom is -0.385 e. The number of benzene rings is 1. The number of anilines is 1. The van der Waals surface area contributed by atoms with Gasteiger partial charge in [-0.3, -0.25) is 0 Å². The maximum Gasteiger partial charge on any atom is 0.0642 e. The first-order valence-electron chi connectivity index (χ1n) is 6.76. The Morgan fingerprint density at radius 3 is 2.68 bits per heavy atom. The zero-order chi connectivity index (χ0) is 14.3. The van der Waals surface area contributed by atoms with Gasteiger partial charge in [0.25, 0.3) is 0 Å². The van der Waals surface area contributed by atoms with Crippen LogP contribution in [-0.4, -0.2) is 33.4 Å². The molecule has 0 aliphatic heterocycles. The van der Waals surface area contributed by atoms with Crippen molar-refractivity contribution in [3.05, 3.63) is 28.8 Å². The summed E-state index contributed by atoms with van der Waals surface area (Å²) in [6.45, 7) is 6.85. The number of rotatable bonds is 8. The van der Waals surface area contributed by atoms with Crippen molar-refractivity contribution in [3.8, 4) is 0 Å². The molecule has 0 saturated heterocycles. The number of hydrogen-bond donors (Lipinski definition) is 1. The third-order valence-corrected chi connectivity index (χ3v) is 3.28. The third-order valence-electron chi connectivity index (χ3n) is 2.98. The number of methoxy groups -OCH3 is 1. The Morgan fingerprint density at radius 1 is 1.37 bits per heavy atom. The lowest BCUT2D eigenvalue weighted by molar-refractivity contribution is 0.196. The highest BCUT2D eigenvalue weighted by Crippen LogP contribution is 2.26. The molecule has 0 fully saturated rings. The molecule has 1 N–H and O–H groups in total. The van der Waals surface area contributed by atoms with Crippen molar-refractivity contribution in [1.29, 1.82) is 0 Å². The Balaban J connectivity index is 2.60. The molecular formula is C15H25ClN2O. The summed E-state index contributed by atoms with van der Waals surface area (Å²) in [6.07, 6.45) is 1.000. The molecule has 1 aromatic rings. The Bertz CT molecular complexity index is 382. The molecule has 0 unspecified atom stereocenters. The van der Waals surface area contributed by atoms with E-state index in [-0.39, 0.29) is 0 Å². The average molecular weight is 285 g/mol. The second-order valence-corrected chi connectivity index (χ2v) is 5.50. The quantitative estimate of drug-likeness (QED) is 0.741. The molecule has 0 aliphatic carbocycles. The van der Waals surface area contributed by atoms with Crippen LogP contribution in [0.4, 0.5) is 5.69 Å². The second-order valence-electron chi connectivity index (χ2n) is 5.09. The standard InChI is InChI=1S/C15H25ClN2O/c1-12(2)17-11-13-6-7-15(14(16)10-13)18(3)8-5-9-19-4/h6-7,10,12,17H,5,8-9,11H2,1-4H3. The SMILES string of the molecule is COCCCN(C)c1ccc(CNC(C)C)cc1Cl. The number of hydrogen-bond acceptors (Lipinski definition) is 3. The molecular weight excluding hydrogens is 260 g/mol. The summed E-state index contributed by atoms with van der Waals surface area (Å²) in [6, 6.07) is 6.74. The van der Waals surface area contributed by atoms with Crippen molar-refractivity contribution in [2.45, 2.75) is 32.9 Å². The highest BCUT2D eigenvalue weighted by atomic mass is 35.5. The highest BCUT2D eigenvalue weighted by molar-refractivity contribution is 6.33. The summed E-state index contributed by atoms with van der Waals surface area (Å²) >= 11 is 6.35. The fraction of sp³-hybridized carbons (Fsp3) is 0.600. The average Bonchev–Trinajstić information content (AvgIpc) is 2.36. The number of nitrogens with zero attached hydrogens (tertiary/aromatic N) is 1. The highest BCUT2D eigenvalue weighted by Gasteiger charge is 2.07. The summed E-state index contributed by atoms with van der Waals surface area (Å²) in [7, 11) is 3.78. The Hall–Kier alpha value is -0.770. The molecule has 3 nitrogen and oxygen atoms in total. The van der Waals surface area contributed by atoms with Crippen LogP contribution in [0.25, 0.3) is 0 Å². The van der Waals surface area contributed by atoms with Crippen LogP contribution in [0.1, 0.15) is 25.8 Å². The van der Waals surface area contributed by atoms with Crippen molar-refractivity contribution in [1.82, 2.24) is 5.32 Å². The van der Waals surface area contributed by atoms with Gasteiger partial charge < -0.3 is 15.0 Å². The molecule has 1 aromatic carbocycles. The fourth-order valence-corrected chi connectivity index (χ4v) is 2.21. The van der Waals surface area contributed by atoms with Gasteiger partial charge in [-0.15, -0.1) is 0 Å². The first kappa shape index (κ1) is 16.3. The van der Waals surface area contributed by atoms with Crippen LogP contribution >= 0.6 is 11.6 Å². The van der Waals surface area contributed by atoms with Crippen LogP contribution < -0.4 is 10.2 Å². The lowest BCUT2D eigenvalue weighted by Gasteiger charge is -2.21. The van der Waals surface area contributed by atoms with E-state index in [4.69, 9.17) is 16.3 Å². The molecule has 0 heterocycles. The Morgan fingerprint density at radius 2 is 2.11 bits per heavy atom. The van der Waals surface area contributed by atoms with E-state index in [1.165, 1.54) is 5.56 Å². The molecule has 1 rings (SSSR count). The van der Waals surface area contributed by atoms with Crippen molar-refractivity contribution in [3.63, 3.8) is 0 Å². The van der Waals surface area contributed by atoms with Crippen molar-refractivity contribution in [2.75, 3.05) is 32.2 Å². The van der Waals surface area contributed by atoms with Gasteiger partial charge in [-0.05, 0) is 24.1 Å². The second kappa shape index (κ2) is 8.41. The molecule has 0 atom stereocenters. The van der Waals surface area contributed by atoms with E-state index in [2.05, 4.69) is 43.2 Å². The largest absolute Gasteiger partial charge is 0.385 e. The van der Waals surface area contributed by atoms with E-state index in [9.17, 15) is 0 Å². The van der Waals surface area contributed by atoms with E-state index < -0.39 is 0 Å². The zero-order valence-corrected chi connectivity index (χ0v) is 13.1. The molecule has 4 heteroatoms. The number of halogens is 1. The van der Waals surface area contributed by atoms with Gasteiger partial charge >= 0.3 is 0 Å². The summed E-state index contributed by atoms with van der Waals surface area (Å²) < 4.78 is 5.06. The van der Waals surface area contributed by atoms with Gasteiger partial charge in [-0.2, -0.15) is 0 Å². The van der Waals surface area contributed by atoms with Crippen LogP contribution in [0.2, 0.25) is 5.02 Å². The van der Waals surface area contributed by atoms with E-state index >= 15 is 0 Å². The van der Waals surface area contributed by atoms with Gasteiger partial charge in [-0.1, -0.05) is 31.5 Å². The Labute approximate surface area is 121 Å². The van der Waals surface area contributed by atoms with Gasteiger partial charge in [0, 0.05) is 39.9 Å². The van der Waals surface area contributed by atoms with Gasteiger partial charge in [0.05, 0.1) is 10.7 Å². The maximum absolute atomic E-state index is 6.35. The normalized spacial score (nSPS) is 11.1. The predicted molar refractivity (Wildman–Crippen MR) is 83.2 cm³/mol. The lowest BCUT2D eigenvalue weighted by atomic mass is 10.2. The molecule has 0 aliphatic rings. The van der Waals surface area contributed by atoms with Crippen molar-refractivity contribution in [2.24, 2.45) is 0 Å². The van der Waals surface area contributed by atoms with Crippen LogP contribution in [0, 0.1) is 0 Å². The molecule has 108 valence electrons. The van der Waals surface area contributed by atoms with Crippen molar-refractivity contribution >= 4 is 17.3 Å². The summed E-state index contributed by atoms with van der Waals surface area (Å²) in [5, 5.41) is 4.20. The zero-order valence-electron chi connectivity index (χ0n) is 12.4. The third kappa shape index (κ3) is 5.81. The first-order chi connectivity index (χ1) is 9.04. The molecule has 0 saturated carbocycles. The monoisotopic (exact) mass is 284 g/mol. The van der Waals surface area contributed by atoms with Crippen LogP contribution in [0.15, 0.2) is 18.2 Å². The van der Waals surface area contributed by atoms with E-state index in [0.717, 1.165) is 36.8 Å². The molecule has 0 amide bonds. The van der Waals surface area contributed by atoms with Crippen LogP contribution in [-0.2, 0) is 11.3 Å². The lowest BCUT2D eigenvalue weighted by Crippen LogP contribution is -2.22. The van der Waals surface area contributed by atoms with E-state index in [0.29, 0.717) is 6.04 Å². The molecule has 0 bridgehead atoms. The van der Waals surface area contributed by atoms with Crippen molar-refractivity contribution < 1.29 is 4.74 Å². The van der Waals surface area contributed by atoms with Gasteiger partial charge in [0.2, 0.25) is 0 Å². The minimum absolute atomic E-state index is 0.482. The maximum atomic E-state index is 6.35. The summed E-state index contributed by atoms with van der Waals surface area (Å²) in [4.78, 5) is 2.17. The first-order valence-corrected chi connectivity index (χ1v) is 7.14. The molecule has 0 aromatic heterocycles. The summed E-state index contributed by atoms with van der Waals surface area (Å²) in [5.74, 6) is 0. The number of ether oxygens (including phenoxy) is 1. The fourth-order valence-electron chi connectivity index (χ4n) is 1.86. The van der Waals surface area contributed by atoms with Gasteiger partial charge in [0.1, 0.15) is 0 Å². The topological polar surface area (TPSA) is 24.5 Å². The number of nitrogens with one attached hydrogen (secondary N) is 1. The summed E-state index contributed by atoms with van der Waals surface area (Å²) in [5.41, 5.74) is 2.29. The minimum atomic E-state index is 0.482. The van der Waals surface area contributed by atoms with Gasteiger partial charge in [-0.25, -0.2) is 0 Å². The smallest absolute Gasteiger partial charge is 0.0642 e. The molecule has 0 spiro atoms. The molecule has 0 radical (unpaired) electrons. The Kier molecular flexibility index (Phi) is 7.21. The van der Waals surface area contributed by atoms with Gasteiger partial charge in [0.15, 0.2) is 0 Å². The van der Waals surface area contributed by atoms with E-state index in [1.807, 2.05) is 6.07 Å². The van der Waals surface area contributed by atoms with Crippen LogP contribution in [0.3, 0.4) is 0 Å². The van der Waals surface area contributed by atoms with Crippen LogP contribution in [0.5, 0.6) is 0 Å². The predicted octanol–water partition coefficient (Wildman–Crippen LogP) is 3.31. The van der Waals surface area contributed by atoms with E-state index in [1.54, 1.807) is 7.11 Å². The molecule has 19 heavy (non-hydrogen) atoms.